The van der Waals surface area contributed by atoms with Crippen LogP contribution in [-0.2, 0) is 4.74 Å². The van der Waals surface area contributed by atoms with Crippen LogP contribution < -0.4 is 5.73 Å². The maximum Gasteiger partial charge on any atom is 0.134 e. The molecule has 0 bridgehead atoms. The van der Waals surface area contributed by atoms with E-state index in [9.17, 15) is 5.11 Å². The lowest BCUT2D eigenvalue weighted by molar-refractivity contribution is -0.0653. The van der Waals surface area contributed by atoms with Gasteiger partial charge < -0.3 is 20.0 Å². The second kappa shape index (κ2) is 4.96. The van der Waals surface area contributed by atoms with E-state index in [1.165, 1.54) is 0 Å². The molecule has 0 radical (unpaired) electrons. The molecule has 4 heteroatoms. The third-order valence-corrected chi connectivity index (χ3v) is 4.19. The lowest BCUT2D eigenvalue weighted by atomic mass is 9.74. The molecule has 1 unspecified atom stereocenters. The molecule has 3 N–H and O–H groups in total. The van der Waals surface area contributed by atoms with E-state index in [1.807, 2.05) is 30.3 Å². The first-order chi connectivity index (χ1) is 9.25. The van der Waals surface area contributed by atoms with Gasteiger partial charge in [-0.25, -0.2) is 0 Å². The first-order valence-electron chi connectivity index (χ1n) is 6.69. The number of para-hydroxylation sites is 1. The van der Waals surface area contributed by atoms with Crippen LogP contribution in [0.5, 0.6) is 0 Å². The van der Waals surface area contributed by atoms with E-state index in [-0.39, 0.29) is 5.41 Å². The molecular weight excluding hydrogens is 242 g/mol. The summed E-state index contributed by atoms with van der Waals surface area (Å²) in [6.07, 6.45) is 0.859. The quantitative estimate of drug-likeness (QED) is 0.889. The lowest BCUT2D eigenvalue weighted by Crippen LogP contribution is -2.41. The van der Waals surface area contributed by atoms with Gasteiger partial charge in [0.15, 0.2) is 0 Å². The highest BCUT2D eigenvalue weighted by Crippen LogP contribution is 2.42. The zero-order chi connectivity index (χ0) is 13.3. The number of ether oxygens (including phenoxy) is 1. The van der Waals surface area contributed by atoms with E-state index in [4.69, 9.17) is 14.9 Å². The van der Waals surface area contributed by atoms with Gasteiger partial charge in [0.1, 0.15) is 17.4 Å². The predicted molar refractivity (Wildman–Crippen MR) is 72.7 cm³/mol. The van der Waals surface area contributed by atoms with E-state index in [0.717, 1.165) is 23.8 Å². The predicted octanol–water partition coefficient (Wildman–Crippen LogP) is 2.22. The van der Waals surface area contributed by atoms with E-state index >= 15 is 0 Å². The number of furan rings is 1. The van der Waals surface area contributed by atoms with E-state index in [0.29, 0.717) is 25.5 Å². The Morgan fingerprint density at radius 1 is 1.26 bits per heavy atom. The average molecular weight is 261 g/mol. The fraction of sp³-hybridized carbons (Fsp3) is 0.467. The summed E-state index contributed by atoms with van der Waals surface area (Å²) in [6.45, 7) is 1.73. The fourth-order valence-electron chi connectivity index (χ4n) is 2.81. The van der Waals surface area contributed by atoms with Crippen LogP contribution in [0.2, 0.25) is 0 Å². The Kier molecular flexibility index (Phi) is 3.31. The number of aliphatic hydroxyl groups excluding tert-OH is 1. The highest BCUT2D eigenvalue weighted by Gasteiger charge is 2.40. The van der Waals surface area contributed by atoms with Crippen molar-refractivity contribution in [2.45, 2.75) is 18.9 Å². The Morgan fingerprint density at radius 2 is 2.00 bits per heavy atom. The molecule has 1 aliphatic heterocycles. The Hall–Kier alpha value is -1.36. The van der Waals surface area contributed by atoms with Crippen LogP contribution in [-0.4, -0.2) is 24.9 Å². The first kappa shape index (κ1) is 12.7. The second-order valence-corrected chi connectivity index (χ2v) is 5.27. The minimum absolute atomic E-state index is 0.327. The van der Waals surface area contributed by atoms with Crippen molar-refractivity contribution < 1.29 is 14.3 Å². The summed E-state index contributed by atoms with van der Waals surface area (Å²) in [5.41, 5.74) is 6.39. The molecule has 19 heavy (non-hydrogen) atoms. The molecule has 0 spiro atoms. The van der Waals surface area contributed by atoms with Crippen LogP contribution >= 0.6 is 0 Å². The molecule has 102 valence electrons. The molecule has 1 aromatic heterocycles. The maximum atomic E-state index is 10.7. The van der Waals surface area contributed by atoms with Crippen molar-refractivity contribution >= 4 is 11.0 Å². The molecular formula is C15H19NO3. The summed E-state index contributed by atoms with van der Waals surface area (Å²) in [4.78, 5) is 0. The maximum absolute atomic E-state index is 10.7. The molecule has 2 heterocycles. The molecule has 3 rings (SSSR count). The van der Waals surface area contributed by atoms with Gasteiger partial charge in [-0.1, -0.05) is 18.2 Å². The van der Waals surface area contributed by atoms with Gasteiger partial charge in [-0.3, -0.25) is 0 Å². The average Bonchev–Trinajstić information content (AvgIpc) is 2.91. The van der Waals surface area contributed by atoms with Crippen molar-refractivity contribution in [3.05, 3.63) is 36.1 Å². The van der Waals surface area contributed by atoms with Crippen LogP contribution in [0, 0.1) is 5.41 Å². The van der Waals surface area contributed by atoms with Gasteiger partial charge in [-0.15, -0.1) is 0 Å². The molecule has 4 nitrogen and oxygen atoms in total. The zero-order valence-electron chi connectivity index (χ0n) is 10.8. The number of nitrogens with two attached hydrogens (primary N) is 1. The second-order valence-electron chi connectivity index (χ2n) is 5.27. The normalized spacial score (nSPS) is 20.5. The number of fused-ring (bicyclic) bond motifs is 1. The van der Waals surface area contributed by atoms with Crippen LogP contribution in [0.4, 0.5) is 0 Å². The summed E-state index contributed by atoms with van der Waals surface area (Å²) in [5, 5.41) is 11.7. The van der Waals surface area contributed by atoms with Crippen molar-refractivity contribution in [3.63, 3.8) is 0 Å². The lowest BCUT2D eigenvalue weighted by Gasteiger charge is -2.39. The van der Waals surface area contributed by atoms with E-state index < -0.39 is 6.10 Å². The fourth-order valence-corrected chi connectivity index (χ4v) is 2.81. The minimum atomic E-state index is -0.672. The Morgan fingerprint density at radius 3 is 2.68 bits per heavy atom. The van der Waals surface area contributed by atoms with Crippen LogP contribution in [0.15, 0.2) is 34.7 Å². The summed E-state index contributed by atoms with van der Waals surface area (Å²) < 4.78 is 11.1. The SMILES string of the molecule is NCC1(C(O)c2cc3ccccc3o2)CCOCC1. The molecule has 0 aliphatic carbocycles. The Labute approximate surface area is 112 Å². The van der Waals surface area contributed by atoms with Crippen molar-refractivity contribution in [1.29, 1.82) is 0 Å². The van der Waals surface area contributed by atoms with Gasteiger partial charge in [-0.05, 0) is 25.0 Å². The number of hydrogen-bond donors (Lipinski definition) is 2. The van der Waals surface area contributed by atoms with Gasteiger partial charge >= 0.3 is 0 Å². The number of rotatable bonds is 3. The number of hydrogen-bond acceptors (Lipinski definition) is 4. The molecule has 1 fully saturated rings. The number of aliphatic hydroxyl groups is 1. The van der Waals surface area contributed by atoms with Crippen LogP contribution in [0.1, 0.15) is 24.7 Å². The Balaban J connectivity index is 1.95. The van der Waals surface area contributed by atoms with Crippen LogP contribution in [0.3, 0.4) is 0 Å². The van der Waals surface area contributed by atoms with Crippen molar-refractivity contribution in [2.75, 3.05) is 19.8 Å². The first-order valence-corrected chi connectivity index (χ1v) is 6.69. The summed E-state index contributed by atoms with van der Waals surface area (Å²) in [5.74, 6) is 0.605. The summed E-state index contributed by atoms with van der Waals surface area (Å²) in [7, 11) is 0. The van der Waals surface area contributed by atoms with Gasteiger partial charge in [0, 0.05) is 30.6 Å². The molecule has 1 saturated heterocycles. The topological polar surface area (TPSA) is 68.6 Å². The third kappa shape index (κ3) is 2.16. The van der Waals surface area contributed by atoms with Gasteiger partial charge in [0.05, 0.1) is 0 Å². The van der Waals surface area contributed by atoms with Gasteiger partial charge in [-0.2, -0.15) is 0 Å². The van der Waals surface area contributed by atoms with Gasteiger partial charge in [0.2, 0.25) is 0 Å². The van der Waals surface area contributed by atoms with Crippen molar-refractivity contribution in [1.82, 2.24) is 0 Å². The van der Waals surface area contributed by atoms with Crippen molar-refractivity contribution in [3.8, 4) is 0 Å². The molecule has 1 atom stereocenters. The van der Waals surface area contributed by atoms with E-state index in [1.54, 1.807) is 0 Å². The molecule has 0 saturated carbocycles. The third-order valence-electron chi connectivity index (χ3n) is 4.19. The number of benzene rings is 1. The summed E-state index contributed by atoms with van der Waals surface area (Å²) in [6, 6.07) is 9.68. The monoisotopic (exact) mass is 261 g/mol. The molecule has 1 aliphatic rings. The zero-order valence-corrected chi connectivity index (χ0v) is 10.8. The van der Waals surface area contributed by atoms with E-state index in [2.05, 4.69) is 0 Å². The smallest absolute Gasteiger partial charge is 0.134 e. The Bertz CT molecular complexity index is 524. The molecule has 1 aromatic carbocycles. The molecule has 0 amide bonds. The minimum Gasteiger partial charge on any atom is -0.458 e. The van der Waals surface area contributed by atoms with Crippen molar-refractivity contribution in [2.24, 2.45) is 11.1 Å². The highest BCUT2D eigenvalue weighted by atomic mass is 16.5. The molecule has 2 aromatic rings. The standard InChI is InChI=1S/C15H19NO3/c16-10-15(5-7-18-8-6-15)14(17)13-9-11-3-1-2-4-12(11)19-13/h1-4,9,14,17H,5-8,10,16H2. The highest BCUT2D eigenvalue weighted by molar-refractivity contribution is 5.77. The van der Waals surface area contributed by atoms with Crippen LogP contribution in [0.25, 0.3) is 11.0 Å². The van der Waals surface area contributed by atoms with Gasteiger partial charge in [0.25, 0.3) is 0 Å². The largest absolute Gasteiger partial charge is 0.458 e. The summed E-state index contributed by atoms with van der Waals surface area (Å²) >= 11 is 0.